The summed E-state index contributed by atoms with van der Waals surface area (Å²) >= 11 is 0. The number of likely N-dealkylation sites (tertiary alicyclic amines) is 1. The fourth-order valence-corrected chi connectivity index (χ4v) is 4.02. The zero-order chi connectivity index (χ0) is 16.4. The molecule has 1 heterocycles. The second-order valence-corrected chi connectivity index (χ2v) is 6.72. The quantitative estimate of drug-likeness (QED) is 0.846. The molecule has 126 valence electrons. The van der Waals surface area contributed by atoms with Crippen LogP contribution in [0.3, 0.4) is 0 Å². The summed E-state index contributed by atoms with van der Waals surface area (Å²) in [6.45, 7) is 0.0340. The summed E-state index contributed by atoms with van der Waals surface area (Å²) in [7, 11) is 0. The fraction of sp³-hybridized carbons (Fsp3) is 0.611. The van der Waals surface area contributed by atoms with Crippen LogP contribution in [0.15, 0.2) is 24.3 Å². The van der Waals surface area contributed by atoms with Crippen LogP contribution in [0.5, 0.6) is 0 Å². The van der Waals surface area contributed by atoms with Gasteiger partial charge < -0.3 is 9.64 Å². The van der Waals surface area contributed by atoms with E-state index < -0.39 is 18.1 Å². The van der Waals surface area contributed by atoms with Gasteiger partial charge in [-0.1, -0.05) is 42.7 Å². The van der Waals surface area contributed by atoms with E-state index in [0.29, 0.717) is 13.0 Å². The van der Waals surface area contributed by atoms with Gasteiger partial charge in [-0.25, -0.2) is 0 Å². The van der Waals surface area contributed by atoms with Crippen LogP contribution in [0.4, 0.5) is 8.78 Å². The lowest BCUT2D eigenvalue weighted by atomic mass is 9.77. The second-order valence-electron chi connectivity index (χ2n) is 6.72. The predicted molar refractivity (Wildman–Crippen MR) is 83.4 cm³/mol. The zero-order valence-electron chi connectivity index (χ0n) is 13.4. The molecule has 1 amide bonds. The van der Waals surface area contributed by atoms with Crippen LogP contribution in [0, 0.1) is 6.92 Å². The lowest BCUT2D eigenvalue weighted by Gasteiger charge is -2.33. The number of halogens is 2. The van der Waals surface area contributed by atoms with E-state index in [0.717, 1.165) is 36.8 Å². The van der Waals surface area contributed by atoms with Crippen LogP contribution in [-0.4, -0.2) is 36.6 Å². The number of amides is 1. The third-order valence-electron chi connectivity index (χ3n) is 5.16. The van der Waals surface area contributed by atoms with Crippen molar-refractivity contribution in [2.24, 2.45) is 0 Å². The number of aryl methyl sites for hydroxylation is 1. The van der Waals surface area contributed by atoms with E-state index in [1.54, 1.807) is 4.90 Å². The Morgan fingerprint density at radius 1 is 1.35 bits per heavy atom. The van der Waals surface area contributed by atoms with Gasteiger partial charge in [-0.2, -0.15) is 8.78 Å². The summed E-state index contributed by atoms with van der Waals surface area (Å²) in [6.07, 6.45) is 3.68. The van der Waals surface area contributed by atoms with Crippen LogP contribution in [0.1, 0.15) is 43.2 Å². The van der Waals surface area contributed by atoms with Crippen molar-refractivity contribution in [3.05, 3.63) is 35.4 Å². The summed E-state index contributed by atoms with van der Waals surface area (Å²) < 4.78 is 29.3. The van der Waals surface area contributed by atoms with E-state index >= 15 is 0 Å². The number of ether oxygens (including phenoxy) is 1. The predicted octanol–water partition coefficient (Wildman–Crippen LogP) is 3.65. The Morgan fingerprint density at radius 2 is 2.09 bits per heavy atom. The van der Waals surface area contributed by atoms with Gasteiger partial charge in [0.25, 0.3) is 0 Å². The van der Waals surface area contributed by atoms with Crippen molar-refractivity contribution in [1.82, 2.24) is 4.90 Å². The van der Waals surface area contributed by atoms with Crippen molar-refractivity contribution in [2.45, 2.75) is 57.2 Å². The molecule has 5 heteroatoms. The van der Waals surface area contributed by atoms with E-state index in [-0.39, 0.29) is 12.5 Å². The van der Waals surface area contributed by atoms with Gasteiger partial charge in [0.15, 0.2) is 0 Å². The van der Waals surface area contributed by atoms with Gasteiger partial charge in [0.1, 0.15) is 0 Å². The van der Waals surface area contributed by atoms with E-state index in [2.05, 4.69) is 10.8 Å². The Hall–Kier alpha value is -1.49. The molecule has 3 nitrogen and oxygen atoms in total. The number of hydrogen-bond acceptors (Lipinski definition) is 2. The van der Waals surface area contributed by atoms with Gasteiger partial charge in [-0.05, 0) is 31.7 Å². The molecular formula is C18H23F2NO2. The van der Waals surface area contributed by atoms with Gasteiger partial charge in [0.05, 0.1) is 11.5 Å². The molecule has 0 spiro atoms. The number of rotatable bonds is 4. The van der Waals surface area contributed by atoms with Gasteiger partial charge in [-0.3, -0.25) is 4.79 Å². The number of alkyl halides is 2. The first kappa shape index (κ1) is 16.4. The molecule has 1 aromatic carbocycles. The number of hydrogen-bond donors (Lipinski definition) is 0. The minimum Gasteiger partial charge on any atom is -0.339 e. The van der Waals surface area contributed by atoms with Gasteiger partial charge in [0.2, 0.25) is 5.91 Å². The number of benzene rings is 1. The molecule has 1 aromatic rings. The molecule has 0 unspecified atom stereocenters. The first-order valence-electron chi connectivity index (χ1n) is 8.31. The summed E-state index contributed by atoms with van der Waals surface area (Å²) in [5.74, 6) is 0.0842. The lowest BCUT2D eigenvalue weighted by Crippen LogP contribution is -2.45. The highest BCUT2D eigenvalue weighted by molar-refractivity contribution is 5.89. The summed E-state index contributed by atoms with van der Waals surface area (Å²) in [5, 5.41) is 0. The molecule has 0 radical (unpaired) electrons. The average molecular weight is 323 g/mol. The summed E-state index contributed by atoms with van der Waals surface area (Å²) in [4.78, 5) is 14.9. The molecule has 1 saturated heterocycles. The highest BCUT2D eigenvalue weighted by atomic mass is 19.3. The van der Waals surface area contributed by atoms with Crippen LogP contribution in [-0.2, 0) is 14.9 Å². The summed E-state index contributed by atoms with van der Waals surface area (Å²) in [5.41, 5.74) is 1.73. The third kappa shape index (κ3) is 3.25. The Kier molecular flexibility index (Phi) is 4.67. The topological polar surface area (TPSA) is 29.5 Å². The molecule has 3 rings (SSSR count). The molecule has 23 heavy (non-hydrogen) atoms. The molecule has 0 bridgehead atoms. The largest absolute Gasteiger partial charge is 0.345 e. The number of carbonyl (C=O) groups excluding carboxylic acids is 1. The SMILES string of the molecule is Cc1cccc(C2(C(=O)N3CC[C@H](OC(F)F)C3)CCCC2)c1. The highest BCUT2D eigenvalue weighted by Crippen LogP contribution is 2.43. The van der Waals surface area contributed by atoms with Crippen molar-refractivity contribution in [2.75, 3.05) is 13.1 Å². The Labute approximate surface area is 135 Å². The normalized spacial score (nSPS) is 23.7. The molecule has 0 aromatic heterocycles. The Morgan fingerprint density at radius 3 is 2.74 bits per heavy atom. The van der Waals surface area contributed by atoms with Crippen LogP contribution < -0.4 is 0 Å². The van der Waals surface area contributed by atoms with Crippen molar-refractivity contribution >= 4 is 5.91 Å². The van der Waals surface area contributed by atoms with Crippen molar-refractivity contribution in [3.8, 4) is 0 Å². The molecule has 1 atom stereocenters. The average Bonchev–Trinajstić information content (AvgIpc) is 3.16. The van der Waals surface area contributed by atoms with E-state index in [9.17, 15) is 13.6 Å². The fourth-order valence-electron chi connectivity index (χ4n) is 4.02. The monoisotopic (exact) mass is 323 g/mol. The zero-order valence-corrected chi connectivity index (χ0v) is 13.4. The van der Waals surface area contributed by atoms with E-state index in [4.69, 9.17) is 0 Å². The van der Waals surface area contributed by atoms with Crippen molar-refractivity contribution in [3.63, 3.8) is 0 Å². The molecule has 1 aliphatic carbocycles. The Balaban J connectivity index is 1.80. The summed E-state index contributed by atoms with van der Waals surface area (Å²) in [6, 6.07) is 8.13. The van der Waals surface area contributed by atoms with Crippen LogP contribution in [0.25, 0.3) is 0 Å². The first-order chi connectivity index (χ1) is 11.0. The second kappa shape index (κ2) is 6.56. The van der Waals surface area contributed by atoms with Gasteiger partial charge in [0, 0.05) is 13.1 Å². The maximum atomic E-state index is 13.2. The maximum Gasteiger partial charge on any atom is 0.345 e. The first-order valence-corrected chi connectivity index (χ1v) is 8.31. The molecule has 1 aliphatic heterocycles. The minimum absolute atomic E-state index is 0.0842. The van der Waals surface area contributed by atoms with Crippen molar-refractivity contribution < 1.29 is 18.3 Å². The molecular weight excluding hydrogens is 300 g/mol. The van der Waals surface area contributed by atoms with Crippen molar-refractivity contribution in [1.29, 1.82) is 0 Å². The molecule has 2 fully saturated rings. The molecule has 2 aliphatic rings. The molecule has 1 saturated carbocycles. The van der Waals surface area contributed by atoms with E-state index in [1.165, 1.54) is 0 Å². The maximum absolute atomic E-state index is 13.2. The lowest BCUT2D eigenvalue weighted by molar-refractivity contribution is -0.161. The Bertz CT molecular complexity index is 570. The van der Waals surface area contributed by atoms with Gasteiger partial charge >= 0.3 is 6.61 Å². The molecule has 0 N–H and O–H groups in total. The standard InChI is InChI=1S/C18H23F2NO2/c1-13-5-4-6-14(11-13)18(8-2-3-9-18)16(22)21-10-7-15(12-21)23-17(19)20/h4-6,11,15,17H,2-3,7-10,12H2,1H3/t15-/m0/s1. The number of carbonyl (C=O) groups is 1. The van der Waals surface area contributed by atoms with Crippen LogP contribution >= 0.6 is 0 Å². The highest BCUT2D eigenvalue weighted by Gasteiger charge is 2.46. The third-order valence-corrected chi connectivity index (χ3v) is 5.16. The smallest absolute Gasteiger partial charge is 0.339 e. The van der Waals surface area contributed by atoms with Gasteiger partial charge in [-0.15, -0.1) is 0 Å². The number of nitrogens with zero attached hydrogens (tertiary/aromatic N) is 1. The van der Waals surface area contributed by atoms with E-state index in [1.807, 2.05) is 25.1 Å². The van der Waals surface area contributed by atoms with Crippen LogP contribution in [0.2, 0.25) is 0 Å². The minimum atomic E-state index is -2.77.